The molecule has 3 aromatic rings. The summed E-state index contributed by atoms with van der Waals surface area (Å²) in [5.41, 5.74) is 2.14. The summed E-state index contributed by atoms with van der Waals surface area (Å²) in [5.74, 6) is -0.599. The van der Waals surface area contributed by atoms with Crippen LogP contribution in [0.25, 0.3) is 0 Å². The number of sulfonamides is 1. The fraction of sp³-hybridized carbons (Fsp3) is 0.200. The van der Waals surface area contributed by atoms with Gasteiger partial charge in [0.1, 0.15) is 16.4 Å². The van der Waals surface area contributed by atoms with Crippen molar-refractivity contribution in [1.82, 2.24) is 5.32 Å². The lowest BCUT2D eigenvalue weighted by atomic mass is 10.2. The van der Waals surface area contributed by atoms with Crippen molar-refractivity contribution in [3.63, 3.8) is 0 Å². The maximum atomic E-state index is 13.0. The molecule has 0 aromatic heterocycles. The standard InChI is InChI=1S/C25H26N2O7S/c1-17-4-9-20(10-5-17)27-35(30,31)23-14-19(8-13-22(23)33-3)25(29)34-16-24(28)26-15-18-6-11-21(32-2)12-7-18/h4-14,27H,15-16H2,1-3H3,(H,26,28). The predicted molar refractivity (Wildman–Crippen MR) is 130 cm³/mol. The number of rotatable bonds is 10. The van der Waals surface area contributed by atoms with Crippen LogP contribution in [0.15, 0.2) is 71.6 Å². The van der Waals surface area contributed by atoms with Gasteiger partial charge in [-0.1, -0.05) is 29.8 Å². The number of hydrogen-bond acceptors (Lipinski definition) is 7. The van der Waals surface area contributed by atoms with Gasteiger partial charge in [0.05, 0.1) is 19.8 Å². The highest BCUT2D eigenvalue weighted by molar-refractivity contribution is 7.92. The monoisotopic (exact) mass is 498 g/mol. The largest absolute Gasteiger partial charge is 0.497 e. The van der Waals surface area contributed by atoms with Crippen molar-refractivity contribution in [2.45, 2.75) is 18.4 Å². The smallest absolute Gasteiger partial charge is 0.338 e. The molecule has 2 N–H and O–H groups in total. The van der Waals surface area contributed by atoms with E-state index >= 15 is 0 Å². The molecule has 184 valence electrons. The average molecular weight is 499 g/mol. The molecule has 9 nitrogen and oxygen atoms in total. The quantitative estimate of drug-likeness (QED) is 0.412. The molecular formula is C25H26N2O7S. The van der Waals surface area contributed by atoms with Crippen molar-refractivity contribution >= 4 is 27.6 Å². The molecule has 0 saturated heterocycles. The van der Waals surface area contributed by atoms with E-state index in [1.807, 2.05) is 6.92 Å². The summed E-state index contributed by atoms with van der Waals surface area (Å²) < 4.78 is 43.7. The molecular weight excluding hydrogens is 472 g/mol. The average Bonchev–Trinajstić information content (AvgIpc) is 2.87. The molecule has 35 heavy (non-hydrogen) atoms. The number of nitrogens with one attached hydrogen (secondary N) is 2. The lowest BCUT2D eigenvalue weighted by Crippen LogP contribution is -2.28. The van der Waals surface area contributed by atoms with E-state index in [-0.39, 0.29) is 22.8 Å². The predicted octanol–water partition coefficient (Wildman–Crippen LogP) is 3.29. The molecule has 0 heterocycles. The van der Waals surface area contributed by atoms with Crippen LogP contribution in [0.3, 0.4) is 0 Å². The minimum atomic E-state index is -4.07. The Morgan fingerprint density at radius 3 is 2.20 bits per heavy atom. The van der Waals surface area contributed by atoms with Crippen molar-refractivity contribution in [2.24, 2.45) is 0 Å². The van der Waals surface area contributed by atoms with Crippen molar-refractivity contribution < 1.29 is 32.2 Å². The van der Waals surface area contributed by atoms with Crippen LogP contribution in [0.4, 0.5) is 5.69 Å². The summed E-state index contributed by atoms with van der Waals surface area (Å²) in [6.07, 6.45) is 0. The molecule has 3 aromatic carbocycles. The van der Waals surface area contributed by atoms with Gasteiger partial charge in [0.25, 0.3) is 15.9 Å². The topological polar surface area (TPSA) is 120 Å². The lowest BCUT2D eigenvalue weighted by molar-refractivity contribution is -0.124. The molecule has 10 heteroatoms. The Bertz CT molecular complexity index is 1290. The molecule has 0 bridgehead atoms. The number of carbonyl (C=O) groups is 2. The van der Waals surface area contributed by atoms with E-state index in [2.05, 4.69) is 10.0 Å². The molecule has 3 rings (SSSR count). The second-order valence-corrected chi connectivity index (χ2v) is 9.19. The molecule has 0 radical (unpaired) electrons. The Labute approximate surface area is 204 Å². The Morgan fingerprint density at radius 2 is 1.57 bits per heavy atom. The summed E-state index contributed by atoms with van der Waals surface area (Å²) in [6.45, 7) is 1.61. The second kappa shape index (κ2) is 11.4. The van der Waals surface area contributed by atoms with E-state index in [4.69, 9.17) is 14.2 Å². The van der Waals surface area contributed by atoms with Crippen molar-refractivity contribution in [2.75, 3.05) is 25.5 Å². The van der Waals surface area contributed by atoms with Crippen LogP contribution < -0.4 is 19.5 Å². The minimum absolute atomic E-state index is 0.0435. The first-order valence-electron chi connectivity index (χ1n) is 10.6. The number of aryl methyl sites for hydroxylation is 1. The molecule has 0 aliphatic heterocycles. The molecule has 1 amide bonds. The molecule has 0 saturated carbocycles. The Hall–Kier alpha value is -4.05. The zero-order valence-electron chi connectivity index (χ0n) is 19.5. The number of amides is 1. The number of ether oxygens (including phenoxy) is 3. The van der Waals surface area contributed by atoms with Crippen molar-refractivity contribution in [1.29, 1.82) is 0 Å². The molecule has 0 unspecified atom stereocenters. The van der Waals surface area contributed by atoms with Crippen molar-refractivity contribution in [3.8, 4) is 11.5 Å². The molecule has 0 aliphatic rings. The molecule has 0 aliphatic carbocycles. The summed E-state index contributed by atoms with van der Waals surface area (Å²) in [5, 5.41) is 2.65. The SMILES string of the molecule is COc1ccc(CNC(=O)COC(=O)c2ccc(OC)c(S(=O)(=O)Nc3ccc(C)cc3)c2)cc1. The number of anilines is 1. The van der Waals surface area contributed by atoms with E-state index in [1.165, 1.54) is 19.2 Å². The van der Waals surface area contributed by atoms with Crippen LogP contribution in [0.1, 0.15) is 21.5 Å². The fourth-order valence-electron chi connectivity index (χ4n) is 3.05. The van der Waals surface area contributed by atoms with Gasteiger partial charge in [0.15, 0.2) is 6.61 Å². The normalized spacial score (nSPS) is 10.8. The van der Waals surface area contributed by atoms with E-state index in [0.29, 0.717) is 11.4 Å². The van der Waals surface area contributed by atoms with Gasteiger partial charge in [0.2, 0.25) is 0 Å². The summed E-state index contributed by atoms with van der Waals surface area (Å²) >= 11 is 0. The first kappa shape index (κ1) is 25.6. The second-order valence-electron chi connectivity index (χ2n) is 7.54. The Kier molecular flexibility index (Phi) is 8.32. The van der Waals surface area contributed by atoms with E-state index in [0.717, 1.165) is 17.2 Å². The van der Waals surface area contributed by atoms with Crippen LogP contribution in [0.2, 0.25) is 0 Å². The highest BCUT2D eigenvalue weighted by Gasteiger charge is 2.23. The fourth-order valence-corrected chi connectivity index (χ4v) is 4.31. The minimum Gasteiger partial charge on any atom is -0.497 e. The van der Waals surface area contributed by atoms with E-state index in [1.54, 1.807) is 55.6 Å². The number of carbonyl (C=O) groups excluding carboxylic acids is 2. The maximum Gasteiger partial charge on any atom is 0.338 e. The molecule has 0 fully saturated rings. The van der Waals surface area contributed by atoms with Gasteiger partial charge < -0.3 is 19.5 Å². The number of methoxy groups -OCH3 is 2. The van der Waals surface area contributed by atoms with Crippen LogP contribution in [-0.4, -0.2) is 41.1 Å². The van der Waals surface area contributed by atoms with E-state index < -0.39 is 28.5 Å². The van der Waals surface area contributed by atoms with Gasteiger partial charge in [0, 0.05) is 12.2 Å². The lowest BCUT2D eigenvalue weighted by Gasteiger charge is -2.13. The number of esters is 1. The Morgan fingerprint density at radius 1 is 0.886 bits per heavy atom. The number of hydrogen-bond donors (Lipinski definition) is 2. The first-order chi connectivity index (χ1) is 16.7. The van der Waals surface area contributed by atoms with Gasteiger partial charge in [-0.3, -0.25) is 9.52 Å². The van der Waals surface area contributed by atoms with Gasteiger partial charge >= 0.3 is 5.97 Å². The van der Waals surface area contributed by atoms with Crippen molar-refractivity contribution in [3.05, 3.63) is 83.4 Å². The van der Waals surface area contributed by atoms with Crippen LogP contribution in [0, 0.1) is 6.92 Å². The van der Waals surface area contributed by atoms with Gasteiger partial charge in [-0.25, -0.2) is 13.2 Å². The molecule has 0 spiro atoms. The van der Waals surface area contributed by atoms with Crippen LogP contribution in [0.5, 0.6) is 11.5 Å². The zero-order valence-corrected chi connectivity index (χ0v) is 20.3. The highest BCUT2D eigenvalue weighted by atomic mass is 32.2. The van der Waals surface area contributed by atoms with E-state index in [9.17, 15) is 18.0 Å². The van der Waals surface area contributed by atoms with Crippen LogP contribution in [-0.2, 0) is 26.1 Å². The summed E-state index contributed by atoms with van der Waals surface area (Å²) in [4.78, 5) is 24.3. The third kappa shape index (κ3) is 6.97. The molecule has 0 atom stereocenters. The summed E-state index contributed by atoms with van der Waals surface area (Å²) in [7, 11) is -1.18. The van der Waals surface area contributed by atoms with Gasteiger partial charge in [-0.15, -0.1) is 0 Å². The van der Waals surface area contributed by atoms with Gasteiger partial charge in [-0.2, -0.15) is 0 Å². The Balaban J connectivity index is 1.64. The van der Waals surface area contributed by atoms with Crippen LogP contribution >= 0.6 is 0 Å². The maximum absolute atomic E-state index is 13.0. The zero-order chi connectivity index (χ0) is 25.4. The number of benzene rings is 3. The highest BCUT2D eigenvalue weighted by Crippen LogP contribution is 2.27. The third-order valence-electron chi connectivity index (χ3n) is 4.98. The summed E-state index contributed by atoms with van der Waals surface area (Å²) in [6, 6.07) is 17.8. The van der Waals surface area contributed by atoms with Gasteiger partial charge in [-0.05, 0) is 55.0 Å². The third-order valence-corrected chi connectivity index (χ3v) is 6.38. The first-order valence-corrected chi connectivity index (χ1v) is 12.0.